The molecule has 6 nitrogen and oxygen atoms in total. The molecule has 1 atom stereocenters. The maximum Gasteiger partial charge on any atom is 0.306 e. The molecule has 0 aliphatic carbocycles. The molecule has 0 spiro atoms. The third-order valence-corrected chi connectivity index (χ3v) is 11.8. The van der Waals surface area contributed by atoms with Crippen molar-refractivity contribution in [2.75, 3.05) is 13.2 Å². The fraction of sp³-hybridized carbons (Fsp3) is 0.597. The molecule has 73 heavy (non-hydrogen) atoms. The molecule has 0 aliphatic rings. The van der Waals surface area contributed by atoms with E-state index in [0.717, 1.165) is 141 Å². The first-order chi connectivity index (χ1) is 36.0. The van der Waals surface area contributed by atoms with Crippen LogP contribution in [0.25, 0.3) is 0 Å². The summed E-state index contributed by atoms with van der Waals surface area (Å²) in [4.78, 5) is 37.8. The van der Waals surface area contributed by atoms with E-state index in [0.29, 0.717) is 25.7 Å². The predicted octanol–water partition coefficient (Wildman–Crippen LogP) is 20.0. The van der Waals surface area contributed by atoms with Crippen LogP contribution in [0, 0.1) is 0 Å². The Morgan fingerprint density at radius 1 is 0.288 bits per heavy atom. The van der Waals surface area contributed by atoms with E-state index in [4.69, 9.17) is 14.2 Å². The van der Waals surface area contributed by atoms with E-state index in [9.17, 15) is 14.4 Å². The zero-order valence-electron chi connectivity index (χ0n) is 46.8. The minimum absolute atomic E-state index is 0.100. The summed E-state index contributed by atoms with van der Waals surface area (Å²) < 4.78 is 16.7. The van der Waals surface area contributed by atoms with Crippen LogP contribution in [0.15, 0.2) is 146 Å². The molecule has 0 aliphatic heterocycles. The summed E-state index contributed by atoms with van der Waals surface area (Å²) in [6.45, 7) is 6.35. The van der Waals surface area contributed by atoms with Gasteiger partial charge in [-0.1, -0.05) is 237 Å². The van der Waals surface area contributed by atoms with Crippen molar-refractivity contribution in [3.63, 3.8) is 0 Å². The van der Waals surface area contributed by atoms with E-state index >= 15 is 0 Å². The lowest BCUT2D eigenvalue weighted by Gasteiger charge is -2.18. The summed E-state index contributed by atoms with van der Waals surface area (Å²) >= 11 is 0. The highest BCUT2D eigenvalue weighted by Gasteiger charge is 2.19. The number of rotatable bonds is 51. The predicted molar refractivity (Wildman–Crippen MR) is 315 cm³/mol. The topological polar surface area (TPSA) is 78.9 Å². The number of allylic oxidation sites excluding steroid dienone is 24. The lowest BCUT2D eigenvalue weighted by molar-refractivity contribution is -0.167. The number of ether oxygens (including phenoxy) is 3. The van der Waals surface area contributed by atoms with E-state index < -0.39 is 6.10 Å². The van der Waals surface area contributed by atoms with E-state index in [1.54, 1.807) is 0 Å². The van der Waals surface area contributed by atoms with Crippen molar-refractivity contribution < 1.29 is 28.6 Å². The van der Waals surface area contributed by atoms with Crippen LogP contribution in [0.3, 0.4) is 0 Å². The third kappa shape index (κ3) is 58.1. The van der Waals surface area contributed by atoms with E-state index in [1.165, 1.54) is 51.4 Å². The van der Waals surface area contributed by atoms with Gasteiger partial charge in [0.05, 0.1) is 0 Å². The van der Waals surface area contributed by atoms with E-state index in [2.05, 4.69) is 167 Å². The smallest absolute Gasteiger partial charge is 0.306 e. The van der Waals surface area contributed by atoms with Gasteiger partial charge in [-0.2, -0.15) is 0 Å². The highest BCUT2D eigenvalue weighted by atomic mass is 16.6. The Bertz CT molecular complexity index is 1630. The first-order valence-electron chi connectivity index (χ1n) is 29.3. The molecule has 0 rings (SSSR count). The van der Waals surface area contributed by atoms with Crippen molar-refractivity contribution in [2.24, 2.45) is 0 Å². The van der Waals surface area contributed by atoms with Crippen LogP contribution >= 0.6 is 0 Å². The molecule has 6 heteroatoms. The monoisotopic (exact) mass is 1010 g/mol. The highest BCUT2D eigenvalue weighted by Crippen LogP contribution is 2.13. The molecule has 0 radical (unpaired) electrons. The molecule has 0 heterocycles. The van der Waals surface area contributed by atoms with Crippen molar-refractivity contribution in [3.05, 3.63) is 146 Å². The standard InChI is InChI=1S/C67H106O6/c1-4-7-10-13-15-17-19-21-23-25-26-27-28-29-30-31-32-33-34-35-36-37-38-39-40-42-43-45-47-49-51-54-57-60-66(69)72-63-64(62-71-65(68)59-56-53-12-9-6-3)73-67(70)61-58-55-52-50-48-46-44-41-24-22-20-18-16-14-11-8-5-2/h7,10,15-18,21-24,26-27,29-30,32-33,35-36,38-39,42-43,47,49,64H,4-6,8-9,11-14,19-20,25,28,31,34,37,40-41,44-46,48,50-63H2,1-3H3/b10-7-,17-15-,18-16-,23-21-,24-22-,27-26-,30-29-,33-32-,36-35-,39-38-,43-42-,49-47-. The van der Waals surface area contributed by atoms with Crippen molar-refractivity contribution in [3.8, 4) is 0 Å². The number of esters is 3. The Kier molecular flexibility index (Phi) is 56.0. The molecule has 0 saturated heterocycles. The highest BCUT2D eigenvalue weighted by molar-refractivity contribution is 5.71. The summed E-state index contributed by atoms with van der Waals surface area (Å²) in [6.07, 6.45) is 86.0. The third-order valence-electron chi connectivity index (χ3n) is 11.8. The summed E-state index contributed by atoms with van der Waals surface area (Å²) in [5.74, 6) is -0.975. The number of hydrogen-bond acceptors (Lipinski definition) is 6. The average molecular weight is 1010 g/mol. The Labute approximate surface area is 448 Å². The van der Waals surface area contributed by atoms with Gasteiger partial charge in [0.1, 0.15) is 13.2 Å². The summed E-state index contributed by atoms with van der Waals surface area (Å²) in [5, 5.41) is 0. The van der Waals surface area contributed by atoms with Gasteiger partial charge in [0.25, 0.3) is 0 Å². The molecule has 0 aromatic rings. The molecule has 0 amide bonds. The lowest BCUT2D eigenvalue weighted by Crippen LogP contribution is -2.30. The van der Waals surface area contributed by atoms with Gasteiger partial charge in [-0.15, -0.1) is 0 Å². The van der Waals surface area contributed by atoms with Crippen LogP contribution in [0.1, 0.15) is 239 Å². The number of carbonyl (C=O) groups is 3. The van der Waals surface area contributed by atoms with Crippen LogP contribution in [0.2, 0.25) is 0 Å². The minimum Gasteiger partial charge on any atom is -0.462 e. The van der Waals surface area contributed by atoms with Gasteiger partial charge in [0.15, 0.2) is 6.10 Å². The largest absolute Gasteiger partial charge is 0.462 e. The van der Waals surface area contributed by atoms with Crippen molar-refractivity contribution >= 4 is 17.9 Å². The van der Waals surface area contributed by atoms with Gasteiger partial charge in [-0.05, 0) is 128 Å². The summed E-state index contributed by atoms with van der Waals surface area (Å²) in [5.41, 5.74) is 0. The second-order valence-corrected chi connectivity index (χ2v) is 18.8. The zero-order valence-corrected chi connectivity index (χ0v) is 46.8. The van der Waals surface area contributed by atoms with Crippen LogP contribution in [-0.2, 0) is 28.6 Å². The SMILES string of the molecule is CC/C=C\C/C=C\C/C=C\C/C=C\C/C=C\C/C=C\C/C=C\C/C=C\C/C=C\C/C=C\CCCCC(=O)OCC(COC(=O)CCCCCCC)OC(=O)CCCCCCCCC/C=C\C/C=C\CCCCC. The molecule has 410 valence electrons. The molecule has 0 aromatic carbocycles. The fourth-order valence-corrected chi connectivity index (χ4v) is 7.44. The first kappa shape index (κ1) is 68.3. The van der Waals surface area contributed by atoms with Crippen molar-refractivity contribution in [1.29, 1.82) is 0 Å². The molecule has 0 saturated carbocycles. The van der Waals surface area contributed by atoms with Gasteiger partial charge in [-0.3, -0.25) is 14.4 Å². The number of hydrogen-bond donors (Lipinski definition) is 0. The Hall–Kier alpha value is -4.71. The van der Waals surface area contributed by atoms with Gasteiger partial charge in [0, 0.05) is 19.3 Å². The van der Waals surface area contributed by atoms with Crippen LogP contribution in [-0.4, -0.2) is 37.2 Å². The first-order valence-corrected chi connectivity index (χ1v) is 29.3. The second-order valence-electron chi connectivity index (χ2n) is 18.8. The van der Waals surface area contributed by atoms with Crippen LogP contribution < -0.4 is 0 Å². The number of carbonyl (C=O) groups excluding carboxylic acids is 3. The molecule has 0 N–H and O–H groups in total. The molecular formula is C67H106O6. The molecular weight excluding hydrogens is 901 g/mol. The Balaban J connectivity index is 4.21. The van der Waals surface area contributed by atoms with Crippen LogP contribution in [0.4, 0.5) is 0 Å². The van der Waals surface area contributed by atoms with Crippen molar-refractivity contribution in [2.45, 2.75) is 245 Å². The maximum absolute atomic E-state index is 12.8. The Morgan fingerprint density at radius 3 is 0.890 bits per heavy atom. The fourth-order valence-electron chi connectivity index (χ4n) is 7.44. The van der Waals surface area contributed by atoms with Crippen LogP contribution in [0.5, 0.6) is 0 Å². The van der Waals surface area contributed by atoms with Gasteiger partial charge in [-0.25, -0.2) is 0 Å². The summed E-state index contributed by atoms with van der Waals surface area (Å²) in [7, 11) is 0. The minimum atomic E-state index is -0.802. The van der Waals surface area contributed by atoms with Gasteiger partial charge in [0.2, 0.25) is 0 Å². The quantitative estimate of drug-likeness (QED) is 0.0261. The maximum atomic E-state index is 12.8. The lowest BCUT2D eigenvalue weighted by atomic mass is 10.1. The molecule has 1 unspecified atom stereocenters. The normalized spacial score (nSPS) is 13.2. The van der Waals surface area contributed by atoms with Gasteiger partial charge < -0.3 is 14.2 Å². The molecule has 0 aromatic heterocycles. The molecule has 0 bridgehead atoms. The second kappa shape index (κ2) is 59.8. The molecule has 0 fully saturated rings. The number of unbranched alkanes of at least 4 members (excludes halogenated alkanes) is 16. The van der Waals surface area contributed by atoms with Crippen molar-refractivity contribution in [1.82, 2.24) is 0 Å². The average Bonchev–Trinajstić information content (AvgIpc) is 3.39. The Morgan fingerprint density at radius 2 is 0.534 bits per heavy atom. The van der Waals surface area contributed by atoms with E-state index in [1.807, 2.05) is 0 Å². The van der Waals surface area contributed by atoms with Gasteiger partial charge >= 0.3 is 17.9 Å². The zero-order chi connectivity index (χ0) is 52.9. The summed E-state index contributed by atoms with van der Waals surface area (Å²) in [6, 6.07) is 0. The van der Waals surface area contributed by atoms with E-state index in [-0.39, 0.29) is 31.1 Å².